The highest BCUT2D eigenvalue weighted by atomic mass is 32.2. The average molecular weight is 555 g/mol. The van der Waals surface area contributed by atoms with E-state index < -0.39 is 24.1 Å². The second-order valence-electron chi connectivity index (χ2n) is 9.95. The third-order valence-electron chi connectivity index (χ3n) is 7.07. The Bertz CT molecular complexity index is 1580. The molecule has 5 rings (SSSR count). The molecule has 3 aromatic carbocycles. The molecule has 1 aliphatic heterocycles. The maximum atomic E-state index is 14.1. The topological polar surface area (TPSA) is 54.7 Å². The van der Waals surface area contributed by atoms with Crippen molar-refractivity contribution in [3.05, 3.63) is 99.3 Å². The zero-order valence-corrected chi connectivity index (χ0v) is 22.6. The molecule has 1 aliphatic rings. The Hall–Kier alpha value is -3.11. The van der Waals surface area contributed by atoms with Gasteiger partial charge in [0.1, 0.15) is 0 Å². The molecule has 204 valence electrons. The summed E-state index contributed by atoms with van der Waals surface area (Å²) < 4.78 is 48.1. The second-order valence-corrected chi connectivity index (χ2v) is 11.0. The van der Waals surface area contributed by atoms with Crippen LogP contribution in [0.1, 0.15) is 28.3 Å². The largest absolute Gasteiger partial charge is 0.416 e. The van der Waals surface area contributed by atoms with E-state index >= 15 is 0 Å². The van der Waals surface area contributed by atoms with E-state index in [0.717, 1.165) is 28.5 Å². The highest BCUT2D eigenvalue weighted by Crippen LogP contribution is 2.45. The van der Waals surface area contributed by atoms with E-state index in [4.69, 9.17) is 4.74 Å². The first-order chi connectivity index (χ1) is 18.6. The number of alkyl halides is 3. The van der Waals surface area contributed by atoms with Crippen LogP contribution in [0.2, 0.25) is 0 Å². The molecular weight excluding hydrogens is 525 g/mol. The Morgan fingerprint density at radius 1 is 1.08 bits per heavy atom. The minimum absolute atomic E-state index is 0.268. The summed E-state index contributed by atoms with van der Waals surface area (Å²) in [7, 11) is 5.06. The minimum atomic E-state index is -4.52. The Balaban J connectivity index is 1.84. The van der Waals surface area contributed by atoms with Gasteiger partial charge >= 0.3 is 6.18 Å². The normalized spacial score (nSPS) is 16.2. The van der Waals surface area contributed by atoms with Crippen molar-refractivity contribution in [1.82, 2.24) is 9.47 Å². The molecule has 5 nitrogen and oxygen atoms in total. The molecule has 0 spiro atoms. The van der Waals surface area contributed by atoms with Crippen molar-refractivity contribution in [2.45, 2.75) is 36.5 Å². The van der Waals surface area contributed by atoms with Crippen LogP contribution in [0.15, 0.2) is 76.6 Å². The second kappa shape index (κ2) is 10.8. The molecule has 39 heavy (non-hydrogen) atoms. The molecule has 1 N–H and O–H groups in total. The summed E-state index contributed by atoms with van der Waals surface area (Å²) in [5, 5.41) is 13.2. The lowest BCUT2D eigenvalue weighted by atomic mass is 9.89. The van der Waals surface area contributed by atoms with Crippen LogP contribution in [0.5, 0.6) is 0 Å². The van der Waals surface area contributed by atoms with Crippen molar-refractivity contribution in [3.63, 3.8) is 0 Å². The van der Waals surface area contributed by atoms with Gasteiger partial charge in [-0.1, -0.05) is 54.6 Å². The number of methoxy groups -OCH3 is 1. The van der Waals surface area contributed by atoms with Gasteiger partial charge in [-0.15, -0.1) is 11.8 Å². The number of fused-ring (bicyclic) bond motifs is 2. The van der Waals surface area contributed by atoms with Crippen molar-refractivity contribution < 1.29 is 23.0 Å². The van der Waals surface area contributed by atoms with Gasteiger partial charge in [-0.2, -0.15) is 13.2 Å². The van der Waals surface area contributed by atoms with Crippen LogP contribution >= 0.6 is 11.8 Å². The summed E-state index contributed by atoms with van der Waals surface area (Å²) >= 11 is 1.35. The zero-order chi connectivity index (χ0) is 27.9. The van der Waals surface area contributed by atoms with Gasteiger partial charge in [-0.05, 0) is 60.1 Å². The van der Waals surface area contributed by atoms with Gasteiger partial charge in [0.2, 0.25) is 0 Å². The number of aliphatic hydroxyl groups is 1. The summed E-state index contributed by atoms with van der Waals surface area (Å²) in [5.41, 5.74) is 2.09. The predicted octanol–water partition coefficient (Wildman–Crippen LogP) is 5.95. The van der Waals surface area contributed by atoms with Gasteiger partial charge in [0.05, 0.1) is 16.6 Å². The van der Waals surface area contributed by atoms with Crippen LogP contribution < -0.4 is 5.56 Å². The lowest BCUT2D eigenvalue weighted by molar-refractivity contribution is -0.137. The molecule has 2 heterocycles. The molecule has 1 aromatic heterocycles. The number of hydrogen-bond donors (Lipinski definition) is 1. The lowest BCUT2D eigenvalue weighted by Gasteiger charge is -2.25. The fourth-order valence-corrected chi connectivity index (χ4v) is 6.66. The van der Waals surface area contributed by atoms with Crippen LogP contribution in [0.4, 0.5) is 13.2 Å². The fraction of sp³-hybridized carbons (Fsp3) is 0.300. The highest BCUT2D eigenvalue weighted by molar-refractivity contribution is 7.99. The maximum Gasteiger partial charge on any atom is 0.416 e. The first kappa shape index (κ1) is 27.5. The highest BCUT2D eigenvalue weighted by Gasteiger charge is 2.36. The molecule has 2 atom stereocenters. The van der Waals surface area contributed by atoms with E-state index in [2.05, 4.69) is 0 Å². The number of thioether (sulfide) groups is 1. The molecule has 4 aromatic rings. The molecule has 0 fully saturated rings. The summed E-state index contributed by atoms with van der Waals surface area (Å²) in [6, 6.07) is 18.5. The number of benzene rings is 3. The van der Waals surface area contributed by atoms with Gasteiger partial charge in [0.15, 0.2) is 6.29 Å². The van der Waals surface area contributed by atoms with Crippen molar-refractivity contribution in [2.75, 3.05) is 27.0 Å². The Kier molecular flexibility index (Phi) is 7.61. The SMILES string of the molecule is COC(O)C1CSc2c(-c3cccc(C(F)(F)F)c3)c(Cc3cccc4ccccc34)c(CN(C)C)c(=O)n21. The number of nitrogens with zero attached hydrogens (tertiary/aromatic N) is 2. The van der Waals surface area contributed by atoms with Crippen LogP contribution in [-0.4, -0.2) is 47.8 Å². The molecule has 2 unspecified atom stereocenters. The van der Waals surface area contributed by atoms with E-state index in [1.807, 2.05) is 61.5 Å². The van der Waals surface area contributed by atoms with E-state index in [1.165, 1.54) is 29.5 Å². The monoisotopic (exact) mass is 554 g/mol. The summed E-state index contributed by atoms with van der Waals surface area (Å²) in [6.45, 7) is 0.283. The van der Waals surface area contributed by atoms with E-state index in [1.54, 1.807) is 6.07 Å². The number of rotatable bonds is 7. The van der Waals surface area contributed by atoms with Gasteiger partial charge in [-0.25, -0.2) is 0 Å². The lowest BCUT2D eigenvalue weighted by Crippen LogP contribution is -2.36. The number of hydrogen-bond acceptors (Lipinski definition) is 5. The van der Waals surface area contributed by atoms with Crippen molar-refractivity contribution >= 4 is 22.5 Å². The number of aliphatic hydroxyl groups excluding tert-OH is 1. The Labute approximate surface area is 228 Å². The molecule has 0 radical (unpaired) electrons. The van der Waals surface area contributed by atoms with Gasteiger partial charge in [0.25, 0.3) is 5.56 Å². The Morgan fingerprint density at radius 3 is 2.51 bits per heavy atom. The van der Waals surface area contributed by atoms with Crippen molar-refractivity contribution in [2.24, 2.45) is 0 Å². The van der Waals surface area contributed by atoms with Gasteiger partial charge in [-0.3, -0.25) is 9.36 Å². The summed E-state index contributed by atoms with van der Waals surface area (Å²) in [6.07, 6.45) is -5.39. The molecule has 0 saturated heterocycles. The van der Waals surface area contributed by atoms with Gasteiger partial charge in [0, 0.05) is 30.5 Å². The third-order valence-corrected chi connectivity index (χ3v) is 8.25. The van der Waals surface area contributed by atoms with Crippen LogP contribution in [0.3, 0.4) is 0 Å². The van der Waals surface area contributed by atoms with Crippen molar-refractivity contribution in [3.8, 4) is 11.1 Å². The smallest absolute Gasteiger partial charge is 0.366 e. The van der Waals surface area contributed by atoms with Crippen LogP contribution in [-0.2, 0) is 23.9 Å². The maximum absolute atomic E-state index is 14.1. The standard InChI is InChI=1S/C30H29F3N2O3S/c1-34(2)16-24-23(15-19-10-6-9-18-8-4-5-13-22(18)19)26(20-11-7-12-21(14-20)30(31,32)33)28-35(27(24)36)25(17-39-28)29(37)38-3/h4-14,25,29,37H,15-17H2,1-3H3. The van der Waals surface area contributed by atoms with Crippen LogP contribution in [0, 0.1) is 0 Å². The third kappa shape index (κ3) is 5.24. The van der Waals surface area contributed by atoms with E-state index in [-0.39, 0.29) is 12.1 Å². The van der Waals surface area contributed by atoms with Gasteiger partial charge < -0.3 is 14.7 Å². The van der Waals surface area contributed by atoms with E-state index in [9.17, 15) is 23.1 Å². The molecule has 0 saturated carbocycles. The van der Waals surface area contributed by atoms with Crippen LogP contribution in [0.25, 0.3) is 21.9 Å². The summed E-state index contributed by atoms with van der Waals surface area (Å²) in [4.78, 5) is 16.0. The zero-order valence-electron chi connectivity index (χ0n) is 21.8. The quantitative estimate of drug-likeness (QED) is 0.286. The fourth-order valence-electron chi connectivity index (χ4n) is 5.28. The minimum Gasteiger partial charge on any atom is -0.366 e. The molecule has 0 aliphatic carbocycles. The number of aromatic nitrogens is 1. The first-order valence-corrected chi connectivity index (χ1v) is 13.5. The molecule has 0 amide bonds. The van der Waals surface area contributed by atoms with E-state index in [0.29, 0.717) is 39.5 Å². The average Bonchev–Trinajstić information content (AvgIpc) is 3.35. The number of halogens is 3. The number of ether oxygens (including phenoxy) is 1. The van der Waals surface area contributed by atoms with Crippen molar-refractivity contribution in [1.29, 1.82) is 0 Å². The predicted molar refractivity (Wildman–Crippen MR) is 148 cm³/mol. The molecular formula is C30H29F3N2O3S. The Morgan fingerprint density at radius 2 is 1.79 bits per heavy atom. The summed E-state index contributed by atoms with van der Waals surface area (Å²) in [5.74, 6) is 0.356. The first-order valence-electron chi connectivity index (χ1n) is 12.5. The molecule has 9 heteroatoms. The number of pyridine rings is 1. The molecule has 0 bridgehead atoms.